The molecule has 0 heterocycles. The van der Waals surface area contributed by atoms with Crippen LogP contribution < -0.4 is 5.73 Å². The summed E-state index contributed by atoms with van der Waals surface area (Å²) in [4.78, 5) is 10.9. The molecular weight excluding hydrogens is 174 g/mol. The fourth-order valence-corrected chi connectivity index (χ4v) is 2.06. The fourth-order valence-electron chi connectivity index (χ4n) is 2.06. The summed E-state index contributed by atoms with van der Waals surface area (Å²) in [6.45, 7) is 1.99. The van der Waals surface area contributed by atoms with Gasteiger partial charge >= 0.3 is 0 Å². The third kappa shape index (κ3) is 1.36. The number of carbonyl (C=O) groups excluding carboxylic acids is 1. The molecule has 0 saturated heterocycles. The van der Waals surface area contributed by atoms with Crippen molar-refractivity contribution in [1.29, 1.82) is 0 Å². The van der Waals surface area contributed by atoms with Crippen molar-refractivity contribution in [2.45, 2.75) is 31.7 Å². The van der Waals surface area contributed by atoms with Gasteiger partial charge in [-0.1, -0.05) is 17.7 Å². The van der Waals surface area contributed by atoms with E-state index in [2.05, 4.69) is 0 Å². The van der Waals surface area contributed by atoms with Gasteiger partial charge in [0.2, 0.25) is 0 Å². The van der Waals surface area contributed by atoms with Gasteiger partial charge in [-0.15, -0.1) is 0 Å². The topological polar surface area (TPSA) is 43.1 Å². The van der Waals surface area contributed by atoms with Crippen molar-refractivity contribution in [2.24, 2.45) is 5.73 Å². The highest BCUT2D eigenvalue weighted by molar-refractivity contribution is 5.78. The average Bonchev–Trinajstić information content (AvgIpc) is 2.14. The number of hydrogen-bond donors (Lipinski definition) is 1. The number of carbonyl (C=O) groups is 1. The summed E-state index contributed by atoms with van der Waals surface area (Å²) in [6, 6.07) is 5.93. The Labute approximate surface area is 84.1 Å². The van der Waals surface area contributed by atoms with Crippen molar-refractivity contribution in [3.05, 3.63) is 34.9 Å². The SMILES string of the molecule is Cc1ccc(C2(N)CCC2)c(C=O)c1. The number of benzene rings is 1. The molecule has 2 N–H and O–H groups in total. The van der Waals surface area contributed by atoms with Gasteiger partial charge in [0.05, 0.1) is 0 Å². The van der Waals surface area contributed by atoms with Crippen LogP contribution in [0.5, 0.6) is 0 Å². The van der Waals surface area contributed by atoms with Crippen molar-refractivity contribution in [2.75, 3.05) is 0 Å². The summed E-state index contributed by atoms with van der Waals surface area (Å²) >= 11 is 0. The zero-order chi connectivity index (χ0) is 10.2. The molecule has 0 aromatic heterocycles. The second-order valence-corrected chi connectivity index (χ2v) is 4.22. The Morgan fingerprint density at radius 3 is 2.64 bits per heavy atom. The fraction of sp³-hybridized carbons (Fsp3) is 0.417. The van der Waals surface area contributed by atoms with Gasteiger partial charge < -0.3 is 5.73 Å². The van der Waals surface area contributed by atoms with E-state index in [0.717, 1.165) is 35.8 Å². The first-order valence-electron chi connectivity index (χ1n) is 5.01. The molecule has 74 valence electrons. The molecule has 1 aromatic rings. The highest BCUT2D eigenvalue weighted by Gasteiger charge is 2.35. The van der Waals surface area contributed by atoms with Gasteiger partial charge in [0, 0.05) is 11.1 Å². The van der Waals surface area contributed by atoms with Crippen LogP contribution in [0.15, 0.2) is 18.2 Å². The molecule has 0 atom stereocenters. The number of nitrogens with two attached hydrogens (primary N) is 1. The lowest BCUT2D eigenvalue weighted by atomic mass is 9.71. The predicted octanol–water partition coefficient (Wildman–Crippen LogP) is 2.15. The Kier molecular flexibility index (Phi) is 2.16. The van der Waals surface area contributed by atoms with Gasteiger partial charge in [0.25, 0.3) is 0 Å². The van der Waals surface area contributed by atoms with Crippen molar-refractivity contribution >= 4 is 6.29 Å². The molecule has 0 amide bonds. The van der Waals surface area contributed by atoms with Crippen LogP contribution in [-0.2, 0) is 5.54 Å². The normalized spacial score (nSPS) is 18.7. The van der Waals surface area contributed by atoms with Crippen molar-refractivity contribution in [3.8, 4) is 0 Å². The number of rotatable bonds is 2. The van der Waals surface area contributed by atoms with E-state index in [1.807, 2.05) is 25.1 Å². The maximum Gasteiger partial charge on any atom is 0.150 e. The first-order valence-corrected chi connectivity index (χ1v) is 5.01. The highest BCUT2D eigenvalue weighted by Crippen LogP contribution is 2.39. The summed E-state index contributed by atoms with van der Waals surface area (Å²) < 4.78 is 0. The molecule has 0 radical (unpaired) electrons. The van der Waals surface area contributed by atoms with E-state index in [0.29, 0.717) is 0 Å². The smallest absolute Gasteiger partial charge is 0.150 e. The molecule has 1 fully saturated rings. The maximum atomic E-state index is 10.9. The molecule has 2 heteroatoms. The van der Waals surface area contributed by atoms with Crippen LogP contribution in [0.1, 0.15) is 40.7 Å². The van der Waals surface area contributed by atoms with E-state index in [9.17, 15) is 4.79 Å². The van der Waals surface area contributed by atoms with E-state index in [1.165, 1.54) is 6.42 Å². The van der Waals surface area contributed by atoms with Crippen LogP contribution in [0.4, 0.5) is 0 Å². The third-order valence-corrected chi connectivity index (χ3v) is 3.12. The van der Waals surface area contributed by atoms with Gasteiger partial charge in [0.1, 0.15) is 6.29 Å². The Morgan fingerprint density at radius 2 is 2.14 bits per heavy atom. The van der Waals surface area contributed by atoms with E-state index >= 15 is 0 Å². The first kappa shape index (κ1) is 9.41. The quantitative estimate of drug-likeness (QED) is 0.724. The first-order chi connectivity index (χ1) is 6.65. The van der Waals surface area contributed by atoms with E-state index in [4.69, 9.17) is 5.73 Å². The van der Waals surface area contributed by atoms with Gasteiger partial charge in [-0.2, -0.15) is 0 Å². The van der Waals surface area contributed by atoms with E-state index in [-0.39, 0.29) is 5.54 Å². The Hall–Kier alpha value is -1.15. The number of hydrogen-bond acceptors (Lipinski definition) is 2. The average molecular weight is 189 g/mol. The molecule has 1 saturated carbocycles. The number of aldehydes is 1. The lowest BCUT2D eigenvalue weighted by Gasteiger charge is -2.39. The van der Waals surface area contributed by atoms with Gasteiger partial charge in [-0.05, 0) is 37.8 Å². The van der Waals surface area contributed by atoms with Gasteiger partial charge in [-0.25, -0.2) is 0 Å². The molecule has 2 rings (SSSR count). The zero-order valence-corrected chi connectivity index (χ0v) is 8.42. The molecule has 14 heavy (non-hydrogen) atoms. The van der Waals surface area contributed by atoms with Crippen LogP contribution in [0, 0.1) is 6.92 Å². The predicted molar refractivity (Wildman–Crippen MR) is 56.3 cm³/mol. The molecule has 1 aliphatic rings. The zero-order valence-electron chi connectivity index (χ0n) is 8.42. The second-order valence-electron chi connectivity index (χ2n) is 4.22. The number of aryl methyl sites for hydroxylation is 1. The Morgan fingerprint density at radius 1 is 1.43 bits per heavy atom. The van der Waals surface area contributed by atoms with Crippen molar-refractivity contribution in [3.63, 3.8) is 0 Å². The van der Waals surface area contributed by atoms with E-state index in [1.54, 1.807) is 0 Å². The second kappa shape index (κ2) is 3.21. The van der Waals surface area contributed by atoms with Crippen molar-refractivity contribution in [1.82, 2.24) is 0 Å². The molecular formula is C12H15NO. The van der Waals surface area contributed by atoms with Crippen LogP contribution in [0.3, 0.4) is 0 Å². The van der Waals surface area contributed by atoms with Crippen LogP contribution in [0.25, 0.3) is 0 Å². The standard InChI is InChI=1S/C12H15NO/c1-9-3-4-11(10(7-9)8-14)12(13)5-2-6-12/h3-4,7-8H,2,5-6,13H2,1H3. The summed E-state index contributed by atoms with van der Waals surface area (Å²) in [5.74, 6) is 0. The largest absolute Gasteiger partial charge is 0.321 e. The minimum atomic E-state index is -0.232. The third-order valence-electron chi connectivity index (χ3n) is 3.12. The minimum Gasteiger partial charge on any atom is -0.321 e. The minimum absolute atomic E-state index is 0.232. The van der Waals surface area contributed by atoms with Gasteiger partial charge in [0.15, 0.2) is 0 Å². The molecule has 0 unspecified atom stereocenters. The molecule has 1 aromatic carbocycles. The lowest BCUT2D eigenvalue weighted by Crippen LogP contribution is -2.44. The van der Waals surface area contributed by atoms with E-state index < -0.39 is 0 Å². The lowest BCUT2D eigenvalue weighted by molar-refractivity contribution is 0.111. The molecule has 2 nitrogen and oxygen atoms in total. The van der Waals surface area contributed by atoms with Crippen LogP contribution in [0.2, 0.25) is 0 Å². The Balaban J connectivity index is 2.46. The Bertz CT molecular complexity index is 367. The van der Waals surface area contributed by atoms with Crippen LogP contribution >= 0.6 is 0 Å². The highest BCUT2D eigenvalue weighted by atomic mass is 16.1. The summed E-state index contributed by atoms with van der Waals surface area (Å²) in [7, 11) is 0. The molecule has 0 aliphatic heterocycles. The molecule has 1 aliphatic carbocycles. The maximum absolute atomic E-state index is 10.9. The van der Waals surface area contributed by atoms with Crippen molar-refractivity contribution < 1.29 is 4.79 Å². The monoisotopic (exact) mass is 189 g/mol. The van der Waals surface area contributed by atoms with Gasteiger partial charge in [-0.3, -0.25) is 4.79 Å². The summed E-state index contributed by atoms with van der Waals surface area (Å²) in [5.41, 5.74) is 8.84. The summed E-state index contributed by atoms with van der Waals surface area (Å²) in [5, 5.41) is 0. The molecule has 0 spiro atoms. The summed E-state index contributed by atoms with van der Waals surface area (Å²) in [6.07, 6.45) is 4.08. The molecule has 0 bridgehead atoms. The van der Waals surface area contributed by atoms with Crippen LogP contribution in [-0.4, -0.2) is 6.29 Å².